The predicted octanol–water partition coefficient (Wildman–Crippen LogP) is -0.357. The summed E-state index contributed by atoms with van der Waals surface area (Å²) in [6.45, 7) is 0. The van der Waals surface area contributed by atoms with E-state index in [0.29, 0.717) is 0 Å². The van der Waals surface area contributed by atoms with Gasteiger partial charge in [-0.15, -0.1) is 0 Å². The zero-order valence-corrected chi connectivity index (χ0v) is 5.87. The maximum absolute atomic E-state index is 6.97. The third kappa shape index (κ3) is 134. The van der Waals surface area contributed by atoms with Gasteiger partial charge in [0.15, 0.2) is 0 Å². The first-order valence-electron chi connectivity index (χ1n) is 1.37. The van der Waals surface area contributed by atoms with Gasteiger partial charge >= 0.3 is 17.1 Å². The fourth-order valence-corrected chi connectivity index (χ4v) is 0. The summed E-state index contributed by atoms with van der Waals surface area (Å²) in [5.41, 5.74) is 20.9. The van der Waals surface area contributed by atoms with Crippen molar-refractivity contribution in [3.8, 4) is 0 Å². The van der Waals surface area contributed by atoms with Crippen molar-refractivity contribution < 1.29 is 17.1 Å². The molecule has 0 heterocycles. The molecule has 0 atom stereocenters. The normalized spacial score (nSPS) is 3.60. The van der Waals surface area contributed by atoms with Gasteiger partial charge in [-0.3, -0.25) is 15.7 Å². The van der Waals surface area contributed by atoms with E-state index in [-0.39, 0.29) is 17.1 Å². The van der Waals surface area contributed by atoms with Gasteiger partial charge in [-0.2, -0.15) is 0 Å². The molecule has 0 spiro atoms. The Bertz CT molecular complexity index is 41.5. The zero-order chi connectivity index (χ0) is 8.12. The van der Waals surface area contributed by atoms with Crippen LogP contribution in [0, 0.1) is 0 Å². The van der Waals surface area contributed by atoms with Gasteiger partial charge in [-0.25, -0.2) is 0 Å². The van der Waals surface area contributed by atoms with Crippen molar-refractivity contribution in [1.82, 2.24) is 0 Å². The molecule has 6 N–H and O–H groups in total. The Kier molecular flexibility index (Phi) is 275. The monoisotopic (exact) mass is 188 g/mol. The van der Waals surface area contributed by atoms with E-state index in [1.807, 2.05) is 15.7 Å². The molecule has 0 aromatic carbocycles. The van der Waals surface area contributed by atoms with Crippen molar-refractivity contribution in [2.24, 2.45) is 33.2 Å². The maximum atomic E-state index is 6.97. The van der Waals surface area contributed by atoms with Crippen molar-refractivity contribution in [3.63, 3.8) is 0 Å². The largest absolute Gasteiger partial charge is 3.00 e. The summed E-state index contributed by atoms with van der Waals surface area (Å²) in [4.78, 5) is 0. The molecule has 0 fully saturated rings. The van der Waals surface area contributed by atoms with Crippen LogP contribution in [0.1, 0.15) is 0 Å². The molecule has 0 bridgehead atoms. The smallest absolute Gasteiger partial charge is 0.427 e. The number of nitrogens with two attached hydrogens (primary N) is 3. The maximum Gasteiger partial charge on any atom is 3.00 e. The summed E-state index contributed by atoms with van der Waals surface area (Å²) in [6, 6.07) is 0. The molecule has 0 unspecified atom stereocenters. The molecule has 1 radical (unpaired) electrons. The molecule has 0 aliphatic rings. The zero-order valence-electron chi connectivity index (χ0n) is 4.77. The van der Waals surface area contributed by atoms with Gasteiger partial charge in [-0.1, -0.05) is 0 Å². The second-order valence-electron chi connectivity index (χ2n) is 0.346. The number of hydrogen-bond acceptors (Lipinski definition) is 3. The van der Waals surface area contributed by atoms with Crippen LogP contribution in [0.25, 0.3) is 16.6 Å². The van der Waals surface area contributed by atoms with E-state index in [9.17, 15) is 0 Å². The van der Waals surface area contributed by atoms with Crippen molar-refractivity contribution in [2.45, 2.75) is 0 Å². The molecule has 0 aliphatic carbocycles. The van der Waals surface area contributed by atoms with Crippen LogP contribution in [0.5, 0.6) is 0 Å². The molecule has 10 heavy (non-hydrogen) atoms. The summed E-state index contributed by atoms with van der Waals surface area (Å²) in [6.07, 6.45) is 0. The Morgan fingerprint density at radius 1 is 0.700 bits per heavy atom. The molecule has 0 rings (SSSR count). The Hall–Kier alpha value is -1.28. The van der Waals surface area contributed by atoms with E-state index in [4.69, 9.17) is 16.6 Å². The first-order chi connectivity index (χ1) is 4.24. The van der Waals surface area contributed by atoms with Gasteiger partial charge in [0.2, 0.25) is 0 Å². The van der Waals surface area contributed by atoms with E-state index in [1.54, 1.807) is 0 Å². The summed E-state index contributed by atoms with van der Waals surface area (Å²) in [5.74, 6) is 12.1. The van der Waals surface area contributed by atoms with E-state index >= 15 is 0 Å². The van der Waals surface area contributed by atoms with Crippen LogP contribution >= 0.6 is 0 Å². The quantitative estimate of drug-likeness (QED) is 0.203. The number of nitrogens with zero attached hydrogens (tertiary/aromatic N) is 6. The SMILES string of the molecule is [Fe+3].[N-]=NN.[N-]=NN.[N-]=NN. The Balaban J connectivity index is -0.0000000257. The van der Waals surface area contributed by atoms with Crippen LogP contribution in [0.4, 0.5) is 0 Å². The van der Waals surface area contributed by atoms with Gasteiger partial charge in [-0.05, 0) is 0 Å². The van der Waals surface area contributed by atoms with Gasteiger partial charge in [0, 0.05) is 0 Å². The Morgan fingerprint density at radius 3 is 0.700 bits per heavy atom. The van der Waals surface area contributed by atoms with E-state index in [1.165, 1.54) is 0 Å². The van der Waals surface area contributed by atoms with Crippen LogP contribution in [-0.2, 0) is 17.1 Å². The van der Waals surface area contributed by atoms with Crippen LogP contribution in [0.3, 0.4) is 0 Å². The van der Waals surface area contributed by atoms with E-state index < -0.39 is 0 Å². The molecule has 0 saturated carbocycles. The third-order valence-corrected chi connectivity index (χ3v) is 0. The Morgan fingerprint density at radius 2 is 0.700 bits per heavy atom. The average molecular weight is 188 g/mol. The summed E-state index contributed by atoms with van der Waals surface area (Å²) in [5, 5.41) is 6.00. The topological polar surface area (TPSA) is 182 Å². The minimum Gasteiger partial charge on any atom is -0.427 e. The average Bonchev–Trinajstić information content (AvgIpc) is 1.70. The summed E-state index contributed by atoms with van der Waals surface area (Å²) in [7, 11) is 0. The van der Waals surface area contributed by atoms with Gasteiger partial charge in [0.1, 0.15) is 0 Å². The minimum absolute atomic E-state index is 0. The van der Waals surface area contributed by atoms with Crippen molar-refractivity contribution in [1.29, 1.82) is 0 Å². The van der Waals surface area contributed by atoms with Crippen molar-refractivity contribution in [3.05, 3.63) is 16.6 Å². The van der Waals surface area contributed by atoms with Gasteiger partial charge in [0.25, 0.3) is 0 Å². The number of hydrogen-bond donors (Lipinski definition) is 3. The van der Waals surface area contributed by atoms with E-state index in [0.717, 1.165) is 0 Å². The van der Waals surface area contributed by atoms with Gasteiger partial charge < -0.3 is 34.1 Å². The fourth-order valence-electron chi connectivity index (χ4n) is 0. The first-order valence-corrected chi connectivity index (χ1v) is 1.37. The molecular formula is H6FeN9. The summed E-state index contributed by atoms with van der Waals surface area (Å²) >= 11 is 0. The third-order valence-electron chi connectivity index (χ3n) is 0. The molecule has 0 aromatic heterocycles. The second-order valence-corrected chi connectivity index (χ2v) is 0.346. The molecule has 59 valence electrons. The van der Waals surface area contributed by atoms with Crippen molar-refractivity contribution in [2.75, 3.05) is 0 Å². The van der Waals surface area contributed by atoms with Crippen LogP contribution in [0.15, 0.2) is 15.7 Å². The fraction of sp³-hybridized carbons (Fsp3) is 0. The molecule has 0 amide bonds. The van der Waals surface area contributed by atoms with Crippen LogP contribution in [0.2, 0.25) is 0 Å². The number of rotatable bonds is 0. The molecule has 0 aromatic rings. The molecule has 9 nitrogen and oxygen atoms in total. The first kappa shape index (κ1) is 23.3. The van der Waals surface area contributed by atoms with E-state index in [2.05, 4.69) is 17.5 Å². The predicted molar refractivity (Wildman–Crippen MR) is 29.9 cm³/mol. The Labute approximate surface area is 67.6 Å². The molecular weight excluding hydrogens is 182 g/mol. The minimum atomic E-state index is 0. The van der Waals surface area contributed by atoms with Gasteiger partial charge in [0.05, 0.1) is 0 Å². The van der Waals surface area contributed by atoms with Crippen molar-refractivity contribution >= 4 is 0 Å². The van der Waals surface area contributed by atoms with Crippen LogP contribution in [-0.4, -0.2) is 0 Å². The van der Waals surface area contributed by atoms with Crippen LogP contribution < -0.4 is 17.5 Å². The second kappa shape index (κ2) is 118. The molecule has 0 aliphatic heterocycles. The standard InChI is InChI=1S/Fe.3H2N3/c;3*1-3-2/h;3*(H2-,1,2)/q+3;3*-1. The molecule has 0 saturated heterocycles. The summed E-state index contributed by atoms with van der Waals surface area (Å²) < 4.78 is 0. The molecule has 10 heteroatoms.